The Balaban J connectivity index is 2.10. The molecule has 0 unspecified atom stereocenters. The van der Waals surface area contributed by atoms with Gasteiger partial charge in [-0.15, -0.1) is 11.8 Å². The zero-order valence-corrected chi connectivity index (χ0v) is 14.1. The smallest absolute Gasteiger partial charge is 0.141 e. The average Bonchev–Trinajstić information content (AvgIpc) is 2.45. The van der Waals surface area contributed by atoms with Gasteiger partial charge in [-0.2, -0.15) is 0 Å². The van der Waals surface area contributed by atoms with Gasteiger partial charge in [-0.1, -0.05) is 35.3 Å². The van der Waals surface area contributed by atoms with Crippen LogP contribution in [0.3, 0.4) is 0 Å². The lowest BCUT2D eigenvalue weighted by atomic mass is 10.2. The standard InChI is InChI=1S/C15H18BrN3S/c1-3-5-12-9-14(17-2)19-15(18-12)10-20-13-7-4-6-11(16)8-13/h4,6-9H,3,5,10H2,1-2H3,(H,17,18,19). The minimum absolute atomic E-state index is 0.780. The lowest BCUT2D eigenvalue weighted by Crippen LogP contribution is -2.02. The second-order valence-corrected chi connectivity index (χ2v) is 6.37. The number of rotatable bonds is 6. The van der Waals surface area contributed by atoms with E-state index in [-0.39, 0.29) is 0 Å². The van der Waals surface area contributed by atoms with Gasteiger partial charge in [-0.05, 0) is 24.6 Å². The predicted octanol–water partition coefficient (Wildman–Crippen LogP) is 4.53. The fraction of sp³-hybridized carbons (Fsp3) is 0.333. The Bertz CT molecular complexity index is 575. The molecule has 5 heteroatoms. The minimum Gasteiger partial charge on any atom is -0.373 e. The summed E-state index contributed by atoms with van der Waals surface area (Å²) in [6.45, 7) is 2.16. The third-order valence-electron chi connectivity index (χ3n) is 2.75. The van der Waals surface area contributed by atoms with E-state index >= 15 is 0 Å². The van der Waals surface area contributed by atoms with Gasteiger partial charge >= 0.3 is 0 Å². The maximum Gasteiger partial charge on any atom is 0.141 e. The Morgan fingerprint density at radius 3 is 2.80 bits per heavy atom. The van der Waals surface area contributed by atoms with Crippen molar-refractivity contribution in [2.75, 3.05) is 12.4 Å². The van der Waals surface area contributed by atoms with Crippen molar-refractivity contribution in [1.82, 2.24) is 9.97 Å². The molecule has 1 heterocycles. The number of nitrogens with one attached hydrogen (secondary N) is 1. The first-order chi connectivity index (χ1) is 9.71. The molecule has 0 aliphatic rings. The summed E-state index contributed by atoms with van der Waals surface area (Å²) >= 11 is 5.24. The third-order valence-corrected chi connectivity index (χ3v) is 4.23. The van der Waals surface area contributed by atoms with Crippen molar-refractivity contribution in [2.45, 2.75) is 30.4 Å². The van der Waals surface area contributed by atoms with Crippen molar-refractivity contribution in [1.29, 1.82) is 0 Å². The largest absolute Gasteiger partial charge is 0.373 e. The normalized spacial score (nSPS) is 10.6. The van der Waals surface area contributed by atoms with Crippen molar-refractivity contribution in [2.24, 2.45) is 0 Å². The molecule has 0 amide bonds. The number of benzene rings is 1. The molecule has 0 fully saturated rings. The summed E-state index contributed by atoms with van der Waals surface area (Å²) in [7, 11) is 1.89. The quantitative estimate of drug-likeness (QED) is 0.776. The van der Waals surface area contributed by atoms with E-state index < -0.39 is 0 Å². The van der Waals surface area contributed by atoms with Crippen LogP contribution in [-0.4, -0.2) is 17.0 Å². The molecule has 20 heavy (non-hydrogen) atoms. The molecule has 0 saturated carbocycles. The van der Waals surface area contributed by atoms with E-state index in [9.17, 15) is 0 Å². The first kappa shape index (κ1) is 15.3. The van der Waals surface area contributed by atoms with Gasteiger partial charge in [-0.3, -0.25) is 0 Å². The first-order valence-corrected chi connectivity index (χ1v) is 8.42. The molecule has 2 aromatic rings. The zero-order valence-electron chi connectivity index (χ0n) is 11.7. The monoisotopic (exact) mass is 351 g/mol. The number of thioether (sulfide) groups is 1. The van der Waals surface area contributed by atoms with Crippen molar-refractivity contribution >= 4 is 33.5 Å². The molecule has 1 aromatic heterocycles. The van der Waals surface area contributed by atoms with Gasteiger partial charge in [-0.25, -0.2) is 9.97 Å². The van der Waals surface area contributed by atoms with Gasteiger partial charge in [0, 0.05) is 28.2 Å². The number of anilines is 1. The maximum atomic E-state index is 4.62. The van der Waals surface area contributed by atoms with Crippen LogP contribution in [0.1, 0.15) is 24.9 Å². The van der Waals surface area contributed by atoms with Crippen LogP contribution in [0, 0.1) is 0 Å². The Morgan fingerprint density at radius 2 is 2.10 bits per heavy atom. The molecule has 106 valence electrons. The lowest BCUT2D eigenvalue weighted by Gasteiger charge is -2.07. The minimum atomic E-state index is 0.780. The highest BCUT2D eigenvalue weighted by Gasteiger charge is 2.05. The van der Waals surface area contributed by atoms with E-state index in [1.807, 2.05) is 25.2 Å². The molecule has 0 spiro atoms. The Hall–Kier alpha value is -1.07. The van der Waals surface area contributed by atoms with Crippen LogP contribution in [0.25, 0.3) is 0 Å². The molecule has 0 saturated heterocycles. The highest BCUT2D eigenvalue weighted by Crippen LogP contribution is 2.24. The summed E-state index contributed by atoms with van der Waals surface area (Å²) < 4.78 is 1.10. The number of nitrogens with zero attached hydrogens (tertiary/aromatic N) is 2. The van der Waals surface area contributed by atoms with Gasteiger partial charge < -0.3 is 5.32 Å². The highest BCUT2D eigenvalue weighted by molar-refractivity contribution is 9.10. The predicted molar refractivity (Wildman–Crippen MR) is 89.3 cm³/mol. The molecule has 1 aromatic carbocycles. The first-order valence-electron chi connectivity index (χ1n) is 6.64. The van der Waals surface area contributed by atoms with Gasteiger partial charge in [0.05, 0.1) is 5.75 Å². The fourth-order valence-electron chi connectivity index (χ4n) is 1.83. The van der Waals surface area contributed by atoms with Gasteiger partial charge in [0.2, 0.25) is 0 Å². The van der Waals surface area contributed by atoms with Gasteiger partial charge in [0.25, 0.3) is 0 Å². The fourth-order valence-corrected chi connectivity index (χ4v) is 3.19. The SMILES string of the molecule is CCCc1cc(NC)nc(CSc2cccc(Br)c2)n1. The second kappa shape index (κ2) is 7.64. The molecule has 0 aliphatic heterocycles. The van der Waals surface area contributed by atoms with Crippen molar-refractivity contribution in [3.63, 3.8) is 0 Å². The number of hydrogen-bond acceptors (Lipinski definition) is 4. The Labute approximate surface area is 132 Å². The number of halogens is 1. The average molecular weight is 352 g/mol. The van der Waals surface area contributed by atoms with Crippen molar-refractivity contribution < 1.29 is 0 Å². The lowest BCUT2D eigenvalue weighted by molar-refractivity contribution is 0.855. The molecule has 0 bridgehead atoms. The van der Waals surface area contributed by atoms with Gasteiger partial charge in [0.1, 0.15) is 11.6 Å². The molecular weight excluding hydrogens is 334 g/mol. The van der Waals surface area contributed by atoms with E-state index in [2.05, 4.69) is 50.3 Å². The summed E-state index contributed by atoms with van der Waals surface area (Å²) in [5.74, 6) is 2.56. The van der Waals surface area contributed by atoms with Crippen LogP contribution >= 0.6 is 27.7 Å². The van der Waals surface area contributed by atoms with Crippen LogP contribution in [0.2, 0.25) is 0 Å². The molecule has 0 radical (unpaired) electrons. The van der Waals surface area contributed by atoms with E-state index in [1.165, 1.54) is 4.90 Å². The zero-order chi connectivity index (χ0) is 14.4. The highest BCUT2D eigenvalue weighted by atomic mass is 79.9. The molecular formula is C15H18BrN3S. The molecule has 1 N–H and O–H groups in total. The maximum absolute atomic E-state index is 4.62. The topological polar surface area (TPSA) is 37.8 Å². The molecule has 2 rings (SSSR count). The molecule has 3 nitrogen and oxygen atoms in total. The summed E-state index contributed by atoms with van der Waals surface area (Å²) in [6.07, 6.45) is 2.09. The summed E-state index contributed by atoms with van der Waals surface area (Å²) in [5, 5.41) is 3.11. The van der Waals surface area contributed by atoms with E-state index in [0.717, 1.165) is 40.4 Å². The summed E-state index contributed by atoms with van der Waals surface area (Å²) in [6, 6.07) is 10.3. The van der Waals surface area contributed by atoms with Crippen LogP contribution < -0.4 is 5.32 Å². The summed E-state index contributed by atoms with van der Waals surface area (Å²) in [4.78, 5) is 10.4. The summed E-state index contributed by atoms with van der Waals surface area (Å²) in [5.41, 5.74) is 1.11. The van der Waals surface area contributed by atoms with E-state index in [4.69, 9.17) is 0 Å². The third kappa shape index (κ3) is 4.49. The van der Waals surface area contributed by atoms with E-state index in [1.54, 1.807) is 11.8 Å². The molecule has 0 aliphatic carbocycles. The Morgan fingerprint density at radius 1 is 1.25 bits per heavy atom. The second-order valence-electron chi connectivity index (χ2n) is 4.41. The van der Waals surface area contributed by atoms with E-state index in [0.29, 0.717) is 0 Å². The van der Waals surface area contributed by atoms with Crippen molar-refractivity contribution in [3.8, 4) is 0 Å². The van der Waals surface area contributed by atoms with Crippen LogP contribution in [-0.2, 0) is 12.2 Å². The van der Waals surface area contributed by atoms with Crippen LogP contribution in [0.15, 0.2) is 39.7 Å². The van der Waals surface area contributed by atoms with Gasteiger partial charge in [0.15, 0.2) is 0 Å². The Kier molecular flexibility index (Phi) is 5.86. The number of aromatic nitrogens is 2. The molecule has 0 atom stereocenters. The van der Waals surface area contributed by atoms with Crippen molar-refractivity contribution in [3.05, 3.63) is 46.3 Å². The van der Waals surface area contributed by atoms with Crippen LogP contribution in [0.5, 0.6) is 0 Å². The number of hydrogen-bond donors (Lipinski definition) is 1. The van der Waals surface area contributed by atoms with Crippen LogP contribution in [0.4, 0.5) is 5.82 Å². The number of aryl methyl sites for hydroxylation is 1.